The number of nitrogens with zero attached hydrogens (tertiary/aromatic N) is 6. The average molecular weight is 1130 g/mol. The standard InChI is InChI=1S/C57H66Cl2N8O10S/c1-35(38-12-14-39(15-13-38)54-36(2)63-34-78-54)64-55(71)49-24-41(68)30-66(49)56(72)45(57(3,4)5)27-62-51(70)33-75-22-20-73-19-21-74-32-50(69)61-26-37-9-8-10-40(23-37)53-43-25-42(77-31-44-46(58)28-60-29-47(44)59)16-17-48(43)67(65-53)52-11-6-7-18-76-52/h8-10,12-17,23,25,27-29,34-35,41,45,49,52,68H,6-7,11,18-22,24,26,30-33H2,1-5H3,(H,61,69)(H,64,71)/t35-,41+,45?,49-,52?/m0/s1. The number of halogens is 2. The number of thiazole rings is 1. The summed E-state index contributed by atoms with van der Waals surface area (Å²) in [7, 11) is 0. The van der Waals surface area contributed by atoms with Crippen LogP contribution in [0.25, 0.3) is 32.6 Å². The number of fused-ring (bicyclic) bond motifs is 1. The van der Waals surface area contributed by atoms with Gasteiger partial charge in [-0.3, -0.25) is 24.2 Å². The number of carbonyl (C=O) groups is 4. The fourth-order valence-electron chi connectivity index (χ4n) is 9.27. The fourth-order valence-corrected chi connectivity index (χ4v) is 10.6. The highest BCUT2D eigenvalue weighted by molar-refractivity contribution is 7.13. The first-order valence-corrected chi connectivity index (χ1v) is 27.7. The van der Waals surface area contributed by atoms with Crippen molar-refractivity contribution in [2.75, 3.05) is 52.8 Å². The van der Waals surface area contributed by atoms with Crippen LogP contribution in [0.3, 0.4) is 0 Å². The second-order valence-corrected chi connectivity index (χ2v) is 22.1. The molecule has 6 aromatic rings. The van der Waals surface area contributed by atoms with Crippen molar-refractivity contribution < 1.29 is 48.0 Å². The molecule has 21 heteroatoms. The molecule has 3 aromatic heterocycles. The quantitative estimate of drug-likeness (QED) is 0.0404. The van der Waals surface area contributed by atoms with Crippen molar-refractivity contribution in [3.8, 4) is 27.4 Å². The van der Waals surface area contributed by atoms with Crippen molar-refractivity contribution in [1.29, 1.82) is 0 Å². The fraction of sp³-hybridized carbons (Fsp3) is 0.439. The molecular weight excluding hydrogens is 1060 g/mol. The normalized spacial score (nSPS) is 17.6. The summed E-state index contributed by atoms with van der Waals surface area (Å²) in [4.78, 5) is 68.2. The van der Waals surface area contributed by atoms with Gasteiger partial charge in [-0.05, 0) is 79.5 Å². The van der Waals surface area contributed by atoms with Gasteiger partial charge in [0.2, 0.25) is 17.7 Å². The SMILES string of the molecule is Cc1ncsc1-c1ccc([C@H](C)NC(=O)[C@@H]2C[C@@H](O)CN2C(=O)C(C=NC(=O)COCCOCCOCC(=O)NCc2cccc(-c3nn(C4CCCCO4)c4ccc(OCc5c(Cl)cncc5Cl)cc34)c2)C(C)(C)C)cc1. The summed E-state index contributed by atoms with van der Waals surface area (Å²) in [6.07, 6.45) is 6.26. The van der Waals surface area contributed by atoms with Gasteiger partial charge in [0, 0.05) is 61.2 Å². The van der Waals surface area contributed by atoms with Gasteiger partial charge in [-0.15, -0.1) is 11.3 Å². The molecule has 2 aliphatic rings. The third kappa shape index (κ3) is 15.1. The van der Waals surface area contributed by atoms with E-state index in [2.05, 4.69) is 25.6 Å². The summed E-state index contributed by atoms with van der Waals surface area (Å²) in [6, 6.07) is 20.3. The molecule has 3 aromatic carbocycles. The number of aromatic nitrogens is 4. The molecular formula is C57H66Cl2N8O10S. The van der Waals surface area contributed by atoms with Gasteiger partial charge >= 0.3 is 0 Å². The number of nitrogens with one attached hydrogen (secondary N) is 2. The minimum Gasteiger partial charge on any atom is -0.489 e. The van der Waals surface area contributed by atoms with Crippen molar-refractivity contribution in [2.45, 2.75) is 97.9 Å². The van der Waals surface area contributed by atoms with Gasteiger partial charge in [0.05, 0.1) is 76.1 Å². The second kappa shape index (κ2) is 27.1. The van der Waals surface area contributed by atoms with E-state index in [1.807, 2.05) is 112 Å². The number of aliphatic hydroxyl groups is 1. The molecule has 2 fully saturated rings. The highest BCUT2D eigenvalue weighted by atomic mass is 35.5. The molecule has 2 aliphatic heterocycles. The minimum atomic E-state index is -0.902. The average Bonchev–Trinajstić information content (AvgIpc) is 4.32. The monoisotopic (exact) mass is 1120 g/mol. The molecule has 0 bridgehead atoms. The van der Waals surface area contributed by atoms with Crippen LogP contribution in [0.15, 0.2) is 89.6 Å². The number of benzene rings is 3. The largest absolute Gasteiger partial charge is 0.489 e. The predicted molar refractivity (Wildman–Crippen MR) is 298 cm³/mol. The highest BCUT2D eigenvalue weighted by Crippen LogP contribution is 2.37. The van der Waals surface area contributed by atoms with Gasteiger partial charge in [0.1, 0.15) is 37.3 Å². The maximum atomic E-state index is 14.1. The molecule has 5 atom stereocenters. The predicted octanol–water partition coefficient (Wildman–Crippen LogP) is 8.88. The first-order valence-electron chi connectivity index (χ1n) is 26.0. The van der Waals surface area contributed by atoms with Gasteiger partial charge in [0.25, 0.3) is 5.91 Å². The van der Waals surface area contributed by atoms with Crippen molar-refractivity contribution >= 4 is 75.3 Å². The molecule has 5 heterocycles. The number of ether oxygens (including phenoxy) is 5. The van der Waals surface area contributed by atoms with Crippen LogP contribution in [0.5, 0.6) is 5.75 Å². The number of carbonyl (C=O) groups excluding carboxylic acids is 4. The Morgan fingerprint density at radius 3 is 2.40 bits per heavy atom. The van der Waals surface area contributed by atoms with E-state index in [-0.39, 0.29) is 89.8 Å². The molecule has 414 valence electrons. The Balaban J connectivity index is 0.743. The van der Waals surface area contributed by atoms with Gasteiger partial charge in [0.15, 0.2) is 6.23 Å². The zero-order chi connectivity index (χ0) is 55.3. The van der Waals surface area contributed by atoms with Crippen LogP contribution < -0.4 is 15.4 Å². The Kier molecular flexibility index (Phi) is 20.2. The maximum absolute atomic E-state index is 14.1. The van der Waals surface area contributed by atoms with E-state index >= 15 is 0 Å². The molecule has 8 rings (SSSR count). The number of aliphatic hydroxyl groups excluding tert-OH is 1. The molecule has 0 radical (unpaired) electrons. The van der Waals surface area contributed by atoms with Crippen molar-refractivity contribution in [2.24, 2.45) is 16.3 Å². The number of hydrogen-bond acceptors (Lipinski definition) is 14. The summed E-state index contributed by atoms with van der Waals surface area (Å²) < 4.78 is 30.8. The zero-order valence-electron chi connectivity index (χ0n) is 44.4. The Hall–Kier alpha value is -6.16. The number of hydrogen-bond donors (Lipinski definition) is 3. The van der Waals surface area contributed by atoms with E-state index in [1.165, 1.54) is 23.5 Å². The van der Waals surface area contributed by atoms with Crippen molar-refractivity contribution in [1.82, 2.24) is 35.3 Å². The summed E-state index contributed by atoms with van der Waals surface area (Å²) in [5.41, 5.74) is 8.04. The van der Waals surface area contributed by atoms with E-state index in [0.29, 0.717) is 28.0 Å². The molecule has 78 heavy (non-hydrogen) atoms. The van der Waals surface area contributed by atoms with E-state index in [0.717, 1.165) is 68.7 Å². The van der Waals surface area contributed by atoms with E-state index < -0.39 is 35.3 Å². The lowest BCUT2D eigenvalue weighted by molar-refractivity contribution is -0.142. The van der Waals surface area contributed by atoms with E-state index in [4.69, 9.17) is 52.0 Å². The smallest absolute Gasteiger partial charge is 0.271 e. The number of β-amino-alcohol motifs (C(OH)–C–C–N with tert-alkyl or cyclic N) is 1. The zero-order valence-corrected chi connectivity index (χ0v) is 46.7. The summed E-state index contributed by atoms with van der Waals surface area (Å²) in [5, 5.41) is 23.4. The third-order valence-electron chi connectivity index (χ3n) is 13.5. The summed E-state index contributed by atoms with van der Waals surface area (Å²) in [6.45, 7) is 10.5. The maximum Gasteiger partial charge on any atom is 0.271 e. The van der Waals surface area contributed by atoms with Crippen LogP contribution in [0.1, 0.15) is 88.0 Å². The van der Waals surface area contributed by atoms with Crippen LogP contribution in [0.2, 0.25) is 10.0 Å². The van der Waals surface area contributed by atoms with Crippen LogP contribution >= 0.6 is 34.5 Å². The Bertz CT molecular complexity index is 3050. The Morgan fingerprint density at radius 1 is 0.949 bits per heavy atom. The number of rotatable bonds is 23. The van der Waals surface area contributed by atoms with Gasteiger partial charge in [-0.2, -0.15) is 5.10 Å². The molecule has 0 spiro atoms. The lowest BCUT2D eigenvalue weighted by atomic mass is 9.80. The molecule has 18 nitrogen and oxygen atoms in total. The third-order valence-corrected chi connectivity index (χ3v) is 15.2. The molecule has 3 N–H and O–H groups in total. The van der Waals surface area contributed by atoms with Gasteiger partial charge in [-0.1, -0.05) is 86.4 Å². The van der Waals surface area contributed by atoms with Crippen LogP contribution in [-0.4, -0.2) is 125 Å². The number of pyridine rings is 1. The first kappa shape index (κ1) is 58.0. The number of aliphatic imine (C=N–C) groups is 1. The second-order valence-electron chi connectivity index (χ2n) is 20.4. The van der Waals surface area contributed by atoms with Crippen LogP contribution in [-0.2, 0) is 51.3 Å². The summed E-state index contributed by atoms with van der Waals surface area (Å²) in [5.74, 6) is -1.94. The topological polar surface area (TPSA) is 218 Å². The van der Waals surface area contributed by atoms with Gasteiger partial charge in [-0.25, -0.2) is 14.7 Å². The number of likely N-dealkylation sites (tertiary alicyclic amines) is 1. The van der Waals surface area contributed by atoms with E-state index in [1.54, 1.807) is 11.3 Å². The van der Waals surface area contributed by atoms with Crippen molar-refractivity contribution in [3.63, 3.8) is 0 Å². The lowest BCUT2D eigenvalue weighted by Crippen LogP contribution is -2.50. The molecule has 0 aliphatic carbocycles. The number of amides is 4. The first-order chi connectivity index (χ1) is 37.5. The van der Waals surface area contributed by atoms with Gasteiger partial charge < -0.3 is 44.3 Å². The highest BCUT2D eigenvalue weighted by Gasteiger charge is 2.44. The van der Waals surface area contributed by atoms with E-state index in [9.17, 15) is 24.3 Å². The van der Waals surface area contributed by atoms with Crippen molar-refractivity contribution in [3.05, 3.63) is 117 Å². The molecule has 2 saturated heterocycles. The molecule has 2 unspecified atom stereocenters. The Morgan fingerprint density at radius 2 is 1.69 bits per heavy atom. The number of aryl methyl sites for hydroxylation is 1. The minimum absolute atomic E-state index is 0.0216. The Labute approximate surface area is 467 Å². The summed E-state index contributed by atoms with van der Waals surface area (Å²) >= 11 is 14.3. The molecule has 4 amide bonds. The van der Waals surface area contributed by atoms with Crippen LogP contribution in [0.4, 0.5) is 0 Å². The van der Waals surface area contributed by atoms with Crippen LogP contribution in [0, 0.1) is 18.3 Å². The lowest BCUT2D eigenvalue weighted by Gasteiger charge is -2.33. The molecule has 0 saturated carbocycles.